The van der Waals surface area contributed by atoms with Crippen molar-refractivity contribution in [2.24, 2.45) is 13.0 Å². The fraction of sp³-hybridized carbons (Fsp3) is 0.545. The van der Waals surface area contributed by atoms with E-state index in [0.29, 0.717) is 0 Å². The largest absolute Gasteiger partial charge is 0.385 e. The molecule has 0 atom stereocenters. The van der Waals surface area contributed by atoms with Gasteiger partial charge in [0.1, 0.15) is 0 Å². The quantitative estimate of drug-likeness (QED) is 0.789. The summed E-state index contributed by atoms with van der Waals surface area (Å²) in [6.07, 6.45) is 5.82. The van der Waals surface area contributed by atoms with E-state index in [9.17, 15) is 4.79 Å². The summed E-state index contributed by atoms with van der Waals surface area (Å²) in [4.78, 5) is 11.3. The predicted octanol–water partition coefficient (Wildman–Crippen LogP) is 1.60. The van der Waals surface area contributed by atoms with Crippen molar-refractivity contribution >= 4 is 5.69 Å². The van der Waals surface area contributed by atoms with Crippen LogP contribution in [0.1, 0.15) is 19.3 Å². The van der Waals surface area contributed by atoms with Crippen LogP contribution in [0.3, 0.4) is 0 Å². The standard InChI is InChI=1S/C11H16N2O/c1-13-6-5-10(7-11(13)14)12-8-9-3-2-4-9/h5-7,9,12H,2-4,8H2,1H3. The van der Waals surface area contributed by atoms with Crippen LogP contribution >= 0.6 is 0 Å². The second kappa shape index (κ2) is 3.86. The zero-order valence-corrected chi connectivity index (χ0v) is 8.49. The molecule has 1 heterocycles. The summed E-state index contributed by atoms with van der Waals surface area (Å²) in [5, 5.41) is 3.30. The summed E-state index contributed by atoms with van der Waals surface area (Å²) in [5.41, 5.74) is 0.989. The average molecular weight is 192 g/mol. The second-order valence-corrected chi connectivity index (χ2v) is 4.04. The third-order valence-electron chi connectivity index (χ3n) is 2.92. The Labute approximate surface area is 83.8 Å². The highest BCUT2D eigenvalue weighted by Crippen LogP contribution is 2.26. The SMILES string of the molecule is Cn1ccc(NCC2CCC2)cc1=O. The van der Waals surface area contributed by atoms with E-state index in [-0.39, 0.29) is 5.56 Å². The molecule has 0 bridgehead atoms. The number of hydrogen-bond acceptors (Lipinski definition) is 2. The second-order valence-electron chi connectivity index (χ2n) is 4.04. The van der Waals surface area contributed by atoms with E-state index in [2.05, 4.69) is 5.32 Å². The molecule has 0 aliphatic heterocycles. The Balaban J connectivity index is 1.95. The van der Waals surface area contributed by atoms with Gasteiger partial charge in [-0.15, -0.1) is 0 Å². The molecule has 2 rings (SSSR count). The number of rotatable bonds is 3. The van der Waals surface area contributed by atoms with Crippen LogP contribution in [0.5, 0.6) is 0 Å². The first kappa shape index (κ1) is 9.31. The zero-order valence-electron chi connectivity index (χ0n) is 8.49. The van der Waals surface area contributed by atoms with Crippen LogP contribution in [0, 0.1) is 5.92 Å². The summed E-state index contributed by atoms with van der Waals surface area (Å²) in [5.74, 6) is 0.819. The summed E-state index contributed by atoms with van der Waals surface area (Å²) < 4.78 is 1.58. The van der Waals surface area contributed by atoms with Crippen LogP contribution in [0.2, 0.25) is 0 Å². The molecule has 3 nitrogen and oxygen atoms in total. The third kappa shape index (κ3) is 1.97. The van der Waals surface area contributed by atoms with E-state index in [1.165, 1.54) is 19.3 Å². The smallest absolute Gasteiger partial charge is 0.252 e. The number of anilines is 1. The van der Waals surface area contributed by atoms with Crippen LogP contribution in [0.4, 0.5) is 5.69 Å². The highest BCUT2D eigenvalue weighted by Gasteiger charge is 2.16. The topological polar surface area (TPSA) is 34.0 Å². The van der Waals surface area contributed by atoms with E-state index in [4.69, 9.17) is 0 Å². The van der Waals surface area contributed by atoms with Crippen LogP contribution in [0.25, 0.3) is 0 Å². The Bertz CT molecular complexity index is 366. The lowest BCUT2D eigenvalue weighted by molar-refractivity contribution is 0.333. The van der Waals surface area contributed by atoms with Crippen molar-refractivity contribution in [1.82, 2.24) is 4.57 Å². The average Bonchev–Trinajstić information content (AvgIpc) is 2.08. The molecule has 14 heavy (non-hydrogen) atoms. The van der Waals surface area contributed by atoms with Crippen molar-refractivity contribution in [3.63, 3.8) is 0 Å². The van der Waals surface area contributed by atoms with Gasteiger partial charge in [0.15, 0.2) is 0 Å². The molecule has 0 radical (unpaired) electrons. The van der Waals surface area contributed by atoms with Gasteiger partial charge in [-0.1, -0.05) is 6.42 Å². The van der Waals surface area contributed by atoms with Gasteiger partial charge in [0.2, 0.25) is 0 Å². The van der Waals surface area contributed by atoms with Gasteiger partial charge >= 0.3 is 0 Å². The molecule has 1 aliphatic rings. The Hall–Kier alpha value is -1.25. The molecule has 1 aromatic rings. The lowest BCUT2D eigenvalue weighted by Crippen LogP contribution is -2.22. The maximum Gasteiger partial charge on any atom is 0.252 e. The first-order valence-electron chi connectivity index (χ1n) is 5.16. The van der Waals surface area contributed by atoms with E-state index < -0.39 is 0 Å². The van der Waals surface area contributed by atoms with E-state index in [0.717, 1.165) is 18.2 Å². The molecule has 1 aliphatic carbocycles. The number of nitrogens with one attached hydrogen (secondary N) is 1. The van der Waals surface area contributed by atoms with Gasteiger partial charge < -0.3 is 9.88 Å². The molecular weight excluding hydrogens is 176 g/mol. The fourth-order valence-electron chi connectivity index (χ4n) is 1.62. The molecule has 1 fully saturated rings. The van der Waals surface area contributed by atoms with Crippen molar-refractivity contribution < 1.29 is 0 Å². The van der Waals surface area contributed by atoms with Crippen LogP contribution in [-0.4, -0.2) is 11.1 Å². The van der Waals surface area contributed by atoms with Crippen molar-refractivity contribution in [2.75, 3.05) is 11.9 Å². The first-order valence-corrected chi connectivity index (χ1v) is 5.16. The molecule has 1 N–H and O–H groups in total. The highest BCUT2D eigenvalue weighted by molar-refractivity contribution is 5.41. The third-order valence-corrected chi connectivity index (χ3v) is 2.92. The van der Waals surface area contributed by atoms with Gasteiger partial charge in [-0.3, -0.25) is 4.79 Å². The molecule has 76 valence electrons. The maximum absolute atomic E-state index is 11.3. The molecule has 1 saturated carbocycles. The van der Waals surface area contributed by atoms with E-state index in [1.807, 2.05) is 6.07 Å². The van der Waals surface area contributed by atoms with E-state index >= 15 is 0 Å². The summed E-state index contributed by atoms with van der Waals surface area (Å²) >= 11 is 0. The lowest BCUT2D eigenvalue weighted by atomic mass is 9.85. The summed E-state index contributed by atoms with van der Waals surface area (Å²) in [7, 11) is 1.76. The number of hydrogen-bond donors (Lipinski definition) is 1. The van der Waals surface area contributed by atoms with Crippen molar-refractivity contribution in [3.8, 4) is 0 Å². The Morgan fingerprint density at radius 2 is 2.36 bits per heavy atom. The molecule has 1 aromatic heterocycles. The zero-order chi connectivity index (χ0) is 9.97. The normalized spacial score (nSPS) is 16.4. The number of aromatic nitrogens is 1. The predicted molar refractivity (Wildman–Crippen MR) is 57.5 cm³/mol. The minimum absolute atomic E-state index is 0.0450. The first-order chi connectivity index (χ1) is 6.75. The Morgan fingerprint density at radius 1 is 1.57 bits per heavy atom. The van der Waals surface area contributed by atoms with Crippen LogP contribution in [-0.2, 0) is 7.05 Å². The number of nitrogens with zero attached hydrogens (tertiary/aromatic N) is 1. The highest BCUT2D eigenvalue weighted by atomic mass is 16.1. The van der Waals surface area contributed by atoms with Gasteiger partial charge in [0.25, 0.3) is 5.56 Å². The van der Waals surface area contributed by atoms with Gasteiger partial charge in [-0.25, -0.2) is 0 Å². The molecule has 3 heteroatoms. The molecular formula is C11H16N2O. The minimum Gasteiger partial charge on any atom is -0.385 e. The van der Waals surface area contributed by atoms with Gasteiger partial charge in [0.05, 0.1) is 0 Å². The van der Waals surface area contributed by atoms with Crippen LogP contribution in [0.15, 0.2) is 23.1 Å². The molecule has 0 spiro atoms. The maximum atomic E-state index is 11.3. The van der Waals surface area contributed by atoms with Gasteiger partial charge in [0, 0.05) is 31.5 Å². The summed E-state index contributed by atoms with van der Waals surface area (Å²) in [6, 6.07) is 3.60. The van der Waals surface area contributed by atoms with Gasteiger partial charge in [-0.05, 0) is 24.8 Å². The van der Waals surface area contributed by atoms with Crippen molar-refractivity contribution in [2.45, 2.75) is 19.3 Å². The molecule has 0 aromatic carbocycles. The number of aryl methyl sites for hydroxylation is 1. The number of pyridine rings is 1. The summed E-state index contributed by atoms with van der Waals surface area (Å²) in [6.45, 7) is 1.01. The lowest BCUT2D eigenvalue weighted by Gasteiger charge is -2.25. The van der Waals surface area contributed by atoms with E-state index in [1.54, 1.807) is 23.9 Å². The molecule has 0 saturated heterocycles. The fourth-order valence-corrected chi connectivity index (χ4v) is 1.62. The minimum atomic E-state index is 0.0450. The van der Waals surface area contributed by atoms with Crippen molar-refractivity contribution in [3.05, 3.63) is 28.7 Å². The molecule has 0 amide bonds. The van der Waals surface area contributed by atoms with Crippen LogP contribution < -0.4 is 10.9 Å². The Morgan fingerprint density at radius 3 is 2.93 bits per heavy atom. The van der Waals surface area contributed by atoms with Gasteiger partial charge in [-0.2, -0.15) is 0 Å². The monoisotopic (exact) mass is 192 g/mol. The van der Waals surface area contributed by atoms with Crippen molar-refractivity contribution in [1.29, 1.82) is 0 Å². The Kier molecular flexibility index (Phi) is 2.57. The molecule has 0 unspecified atom stereocenters.